The van der Waals surface area contributed by atoms with Crippen LogP contribution in [-0.4, -0.2) is 37.7 Å². The maximum absolute atomic E-state index is 12.1. The molecule has 18 heavy (non-hydrogen) atoms. The fraction of sp³-hybridized carbons (Fsp3) is 0.273. The van der Waals surface area contributed by atoms with Crippen molar-refractivity contribution >= 4 is 21.7 Å². The van der Waals surface area contributed by atoms with Gasteiger partial charge in [0.1, 0.15) is 5.25 Å². The first-order valence-electron chi connectivity index (χ1n) is 5.09. The van der Waals surface area contributed by atoms with Crippen LogP contribution in [0.1, 0.15) is 17.3 Å². The molecule has 1 atom stereocenters. The van der Waals surface area contributed by atoms with Crippen LogP contribution < -0.4 is 5.32 Å². The van der Waals surface area contributed by atoms with Crippen LogP contribution in [0.4, 0.5) is 0 Å². The number of hydrogen-bond donors (Lipinski definition) is 2. The second-order valence-corrected chi connectivity index (χ2v) is 5.90. The highest BCUT2D eigenvalue weighted by Crippen LogP contribution is 2.17. The molecule has 0 aliphatic carbocycles. The van der Waals surface area contributed by atoms with Crippen LogP contribution in [0.15, 0.2) is 29.2 Å². The normalized spacial score (nSPS) is 12.8. The van der Waals surface area contributed by atoms with Gasteiger partial charge in [0, 0.05) is 7.05 Å². The molecule has 0 aromatic heterocycles. The van der Waals surface area contributed by atoms with E-state index in [4.69, 9.17) is 5.11 Å². The van der Waals surface area contributed by atoms with E-state index in [-0.39, 0.29) is 10.5 Å². The molecule has 2 N–H and O–H groups in total. The fourth-order valence-corrected chi connectivity index (χ4v) is 2.72. The summed E-state index contributed by atoms with van der Waals surface area (Å²) in [4.78, 5) is 21.9. The Kier molecular flexibility index (Phi) is 4.07. The number of sulfone groups is 1. The van der Waals surface area contributed by atoms with Crippen molar-refractivity contribution in [2.75, 3.05) is 7.05 Å². The summed E-state index contributed by atoms with van der Waals surface area (Å²) in [6.07, 6.45) is 0. The third kappa shape index (κ3) is 2.67. The van der Waals surface area contributed by atoms with Gasteiger partial charge in [-0.1, -0.05) is 6.07 Å². The number of carboxylic acids is 1. The molecule has 1 unspecified atom stereocenters. The van der Waals surface area contributed by atoms with Crippen molar-refractivity contribution in [3.63, 3.8) is 0 Å². The summed E-state index contributed by atoms with van der Waals surface area (Å²) >= 11 is 0. The predicted octanol–water partition coefficient (Wildman–Crippen LogP) is 0.293. The van der Waals surface area contributed by atoms with E-state index < -0.39 is 27.0 Å². The predicted molar refractivity (Wildman–Crippen MR) is 64.1 cm³/mol. The molecule has 0 radical (unpaired) electrons. The molecular formula is C11H13NO5S. The van der Waals surface area contributed by atoms with Crippen LogP contribution in [0, 0.1) is 0 Å². The van der Waals surface area contributed by atoms with E-state index in [1.54, 1.807) is 0 Å². The van der Waals surface area contributed by atoms with E-state index in [1.807, 2.05) is 0 Å². The third-order valence-corrected chi connectivity index (χ3v) is 4.55. The van der Waals surface area contributed by atoms with E-state index >= 15 is 0 Å². The van der Waals surface area contributed by atoms with Crippen LogP contribution in [-0.2, 0) is 14.6 Å². The SMILES string of the molecule is CNC(=O)C(C)S(=O)(=O)c1cccc(C(=O)O)c1. The monoisotopic (exact) mass is 271 g/mol. The van der Waals surface area contributed by atoms with Gasteiger partial charge in [0.2, 0.25) is 5.91 Å². The molecule has 0 bridgehead atoms. The lowest BCUT2D eigenvalue weighted by atomic mass is 10.2. The second kappa shape index (κ2) is 5.18. The summed E-state index contributed by atoms with van der Waals surface area (Å²) in [6.45, 7) is 1.25. The molecule has 0 saturated heterocycles. The molecule has 98 valence electrons. The summed E-state index contributed by atoms with van der Waals surface area (Å²) < 4.78 is 24.1. The summed E-state index contributed by atoms with van der Waals surface area (Å²) in [5, 5.41) is 9.77. The zero-order chi connectivity index (χ0) is 13.9. The van der Waals surface area contributed by atoms with Gasteiger partial charge in [0.15, 0.2) is 9.84 Å². The first-order chi connectivity index (χ1) is 8.30. The molecule has 1 amide bonds. The van der Waals surface area contributed by atoms with Crippen LogP contribution in [0.2, 0.25) is 0 Å². The Labute approximate surface area is 105 Å². The fourth-order valence-electron chi connectivity index (χ4n) is 1.35. The Hall–Kier alpha value is -1.89. The van der Waals surface area contributed by atoms with Gasteiger partial charge in [0.25, 0.3) is 0 Å². The molecule has 0 aliphatic rings. The number of amides is 1. The molecule has 7 heteroatoms. The number of aromatic carboxylic acids is 1. The van der Waals surface area contributed by atoms with Crippen molar-refractivity contribution in [2.24, 2.45) is 0 Å². The molecule has 6 nitrogen and oxygen atoms in total. The van der Waals surface area contributed by atoms with Gasteiger partial charge in [-0.05, 0) is 25.1 Å². The third-order valence-electron chi connectivity index (χ3n) is 2.49. The molecule has 0 aliphatic heterocycles. The number of benzene rings is 1. The Balaban J connectivity index is 3.25. The maximum Gasteiger partial charge on any atom is 0.335 e. The van der Waals surface area contributed by atoms with Gasteiger partial charge in [-0.25, -0.2) is 13.2 Å². The first kappa shape index (κ1) is 14.2. The Morgan fingerprint density at radius 1 is 1.33 bits per heavy atom. The minimum absolute atomic E-state index is 0.139. The molecule has 1 aromatic rings. The minimum atomic E-state index is -3.88. The Morgan fingerprint density at radius 2 is 1.94 bits per heavy atom. The second-order valence-electron chi connectivity index (χ2n) is 3.63. The average molecular weight is 271 g/mol. The standard InChI is InChI=1S/C11H13NO5S/c1-7(10(13)12-2)18(16,17)9-5-3-4-8(6-9)11(14)15/h3-7H,1-2H3,(H,12,13)(H,14,15). The first-order valence-corrected chi connectivity index (χ1v) is 6.64. The van der Waals surface area contributed by atoms with Crippen molar-refractivity contribution in [2.45, 2.75) is 17.1 Å². The smallest absolute Gasteiger partial charge is 0.335 e. The van der Waals surface area contributed by atoms with E-state index in [1.165, 1.54) is 32.2 Å². The zero-order valence-electron chi connectivity index (χ0n) is 9.88. The lowest BCUT2D eigenvalue weighted by molar-refractivity contribution is -0.119. The van der Waals surface area contributed by atoms with Crippen molar-refractivity contribution < 1.29 is 23.1 Å². The highest BCUT2D eigenvalue weighted by Gasteiger charge is 2.29. The number of carbonyl (C=O) groups is 2. The molecule has 1 rings (SSSR count). The van der Waals surface area contributed by atoms with E-state index in [2.05, 4.69) is 5.32 Å². The molecule has 1 aromatic carbocycles. The van der Waals surface area contributed by atoms with Crippen molar-refractivity contribution in [1.82, 2.24) is 5.32 Å². The van der Waals surface area contributed by atoms with Crippen molar-refractivity contribution in [3.05, 3.63) is 29.8 Å². The molecular weight excluding hydrogens is 258 g/mol. The summed E-state index contributed by atoms with van der Waals surface area (Å²) in [6, 6.07) is 4.91. The molecule has 0 spiro atoms. The summed E-state index contributed by atoms with van der Waals surface area (Å²) in [5.41, 5.74) is -0.139. The van der Waals surface area contributed by atoms with Crippen molar-refractivity contribution in [1.29, 1.82) is 0 Å². The Bertz CT molecular complexity index is 579. The van der Waals surface area contributed by atoms with E-state index in [9.17, 15) is 18.0 Å². The van der Waals surface area contributed by atoms with E-state index in [0.29, 0.717) is 0 Å². The topological polar surface area (TPSA) is 101 Å². The number of carboxylic acid groups (broad SMARTS) is 1. The van der Waals surface area contributed by atoms with Gasteiger partial charge >= 0.3 is 5.97 Å². The highest BCUT2D eigenvalue weighted by molar-refractivity contribution is 7.92. The Morgan fingerprint density at radius 3 is 2.44 bits per heavy atom. The quantitative estimate of drug-likeness (QED) is 0.820. The highest BCUT2D eigenvalue weighted by atomic mass is 32.2. The van der Waals surface area contributed by atoms with Crippen LogP contribution in [0.3, 0.4) is 0 Å². The number of carbonyl (C=O) groups excluding carboxylic acids is 1. The van der Waals surface area contributed by atoms with Gasteiger partial charge in [0.05, 0.1) is 10.5 Å². The lowest BCUT2D eigenvalue weighted by Crippen LogP contribution is -2.35. The minimum Gasteiger partial charge on any atom is -0.478 e. The van der Waals surface area contributed by atoms with Gasteiger partial charge in [-0.3, -0.25) is 4.79 Å². The summed E-state index contributed by atoms with van der Waals surface area (Å²) in [7, 11) is -2.55. The lowest BCUT2D eigenvalue weighted by Gasteiger charge is -2.11. The maximum atomic E-state index is 12.1. The van der Waals surface area contributed by atoms with Crippen molar-refractivity contribution in [3.8, 4) is 0 Å². The van der Waals surface area contributed by atoms with E-state index in [0.717, 1.165) is 6.07 Å². The van der Waals surface area contributed by atoms with Crippen LogP contribution in [0.25, 0.3) is 0 Å². The number of rotatable bonds is 4. The van der Waals surface area contributed by atoms with Gasteiger partial charge < -0.3 is 10.4 Å². The van der Waals surface area contributed by atoms with Crippen LogP contribution in [0.5, 0.6) is 0 Å². The average Bonchev–Trinajstić information content (AvgIpc) is 2.36. The molecule has 0 heterocycles. The molecule has 0 fully saturated rings. The molecule has 0 saturated carbocycles. The van der Waals surface area contributed by atoms with Gasteiger partial charge in [-0.15, -0.1) is 0 Å². The zero-order valence-corrected chi connectivity index (χ0v) is 10.7. The number of hydrogen-bond acceptors (Lipinski definition) is 4. The number of nitrogens with one attached hydrogen (secondary N) is 1. The van der Waals surface area contributed by atoms with Crippen LogP contribution >= 0.6 is 0 Å². The largest absolute Gasteiger partial charge is 0.478 e. The summed E-state index contributed by atoms with van der Waals surface area (Å²) in [5.74, 6) is -1.87. The van der Waals surface area contributed by atoms with Gasteiger partial charge in [-0.2, -0.15) is 0 Å².